The van der Waals surface area contributed by atoms with Crippen LogP contribution in [0.3, 0.4) is 0 Å². The maximum Gasteiger partial charge on any atom is 0.394 e. The minimum atomic E-state index is -4.51. The number of benzene rings is 2. The summed E-state index contributed by atoms with van der Waals surface area (Å²) in [6.07, 6.45) is -2.76. The summed E-state index contributed by atoms with van der Waals surface area (Å²) in [6, 6.07) is 5.74. The van der Waals surface area contributed by atoms with Gasteiger partial charge in [0.15, 0.2) is 11.6 Å². The number of nitrogens with one attached hydrogen (secondary N) is 1. The first-order valence-electron chi connectivity index (χ1n) is 9.73. The number of hydrogen-bond donors (Lipinski definition) is 1. The Kier molecular flexibility index (Phi) is 5.11. The Morgan fingerprint density at radius 2 is 1.80 bits per heavy atom. The first-order valence-corrected chi connectivity index (χ1v) is 9.73. The SMILES string of the molecule is CC[C@@H]1C[C@@H](C(F)(F)F)[C@H](Nc2cccc3nc(C)ncc23)c2cc(F)c(F)cc21. The molecule has 1 N–H and O–H groups in total. The first-order chi connectivity index (χ1) is 14.2. The smallest absolute Gasteiger partial charge is 0.377 e. The molecule has 0 fully saturated rings. The van der Waals surface area contributed by atoms with E-state index in [1.165, 1.54) is 0 Å². The van der Waals surface area contributed by atoms with Crippen LogP contribution in [0.4, 0.5) is 27.6 Å². The number of halogens is 5. The summed E-state index contributed by atoms with van der Waals surface area (Å²) in [6.45, 7) is 3.47. The zero-order valence-corrected chi connectivity index (χ0v) is 16.4. The normalized spacial score (nSPS) is 21.5. The van der Waals surface area contributed by atoms with Crippen molar-refractivity contribution in [2.24, 2.45) is 5.92 Å². The number of aryl methyl sites for hydroxylation is 1. The third-order valence-electron chi connectivity index (χ3n) is 5.81. The van der Waals surface area contributed by atoms with Gasteiger partial charge in [-0.25, -0.2) is 18.7 Å². The van der Waals surface area contributed by atoms with E-state index in [0.29, 0.717) is 34.4 Å². The molecule has 0 bridgehead atoms. The van der Waals surface area contributed by atoms with Crippen molar-refractivity contribution in [3.8, 4) is 0 Å². The van der Waals surface area contributed by atoms with Gasteiger partial charge >= 0.3 is 6.18 Å². The quantitative estimate of drug-likeness (QED) is 0.494. The summed E-state index contributed by atoms with van der Waals surface area (Å²) < 4.78 is 70.0. The second kappa shape index (κ2) is 7.49. The molecule has 1 heterocycles. The molecule has 158 valence electrons. The molecule has 0 saturated heterocycles. The van der Waals surface area contributed by atoms with Crippen LogP contribution in [0, 0.1) is 24.5 Å². The van der Waals surface area contributed by atoms with Crippen LogP contribution in [-0.2, 0) is 0 Å². The lowest BCUT2D eigenvalue weighted by molar-refractivity contribution is -0.184. The standard InChI is InChI=1S/C22H20F5N3/c1-3-12-7-16(22(25,26)27)21(14-9-18(24)17(23)8-13(12)14)30-20-6-4-5-19-15(20)10-28-11(2)29-19/h4-6,8-10,12,16,21,30H,3,7H2,1-2H3/t12-,16-,21-/m1/s1. The second-order valence-corrected chi connectivity index (χ2v) is 7.66. The molecule has 1 aromatic heterocycles. The molecule has 1 aliphatic carbocycles. The van der Waals surface area contributed by atoms with E-state index in [1.807, 2.05) is 0 Å². The molecule has 1 aliphatic rings. The van der Waals surface area contributed by atoms with E-state index in [-0.39, 0.29) is 12.0 Å². The van der Waals surface area contributed by atoms with Crippen molar-refractivity contribution in [1.82, 2.24) is 9.97 Å². The van der Waals surface area contributed by atoms with Crippen molar-refractivity contribution in [2.75, 3.05) is 5.32 Å². The molecular formula is C22H20F5N3. The highest BCUT2D eigenvalue weighted by molar-refractivity contribution is 5.90. The largest absolute Gasteiger partial charge is 0.394 e. The molecule has 0 unspecified atom stereocenters. The highest BCUT2D eigenvalue weighted by atomic mass is 19.4. The monoisotopic (exact) mass is 421 g/mol. The zero-order chi connectivity index (χ0) is 21.6. The molecule has 0 amide bonds. The van der Waals surface area contributed by atoms with Crippen LogP contribution < -0.4 is 5.32 Å². The van der Waals surface area contributed by atoms with Crippen LogP contribution in [0.2, 0.25) is 0 Å². The van der Waals surface area contributed by atoms with Gasteiger partial charge in [-0.2, -0.15) is 13.2 Å². The Labute approximate surface area is 170 Å². The van der Waals surface area contributed by atoms with Gasteiger partial charge in [0.05, 0.1) is 17.5 Å². The lowest BCUT2D eigenvalue weighted by Gasteiger charge is -2.39. The fourth-order valence-electron chi connectivity index (χ4n) is 4.32. The molecule has 2 aromatic carbocycles. The molecule has 0 saturated carbocycles. The van der Waals surface area contributed by atoms with Crippen molar-refractivity contribution in [3.05, 3.63) is 65.1 Å². The average molecular weight is 421 g/mol. The third kappa shape index (κ3) is 3.59. The number of alkyl halides is 3. The van der Waals surface area contributed by atoms with Crippen LogP contribution in [0.5, 0.6) is 0 Å². The lowest BCUT2D eigenvalue weighted by atomic mass is 9.72. The van der Waals surface area contributed by atoms with Crippen LogP contribution in [0.15, 0.2) is 36.5 Å². The van der Waals surface area contributed by atoms with E-state index in [9.17, 15) is 22.0 Å². The number of aromatic nitrogens is 2. The van der Waals surface area contributed by atoms with Crippen LogP contribution in [-0.4, -0.2) is 16.1 Å². The molecule has 30 heavy (non-hydrogen) atoms. The van der Waals surface area contributed by atoms with E-state index < -0.39 is 35.7 Å². The topological polar surface area (TPSA) is 37.8 Å². The van der Waals surface area contributed by atoms with Gasteiger partial charge in [-0.05, 0) is 61.1 Å². The van der Waals surface area contributed by atoms with Gasteiger partial charge < -0.3 is 5.32 Å². The fourth-order valence-corrected chi connectivity index (χ4v) is 4.32. The molecule has 8 heteroatoms. The van der Waals surface area contributed by atoms with E-state index in [4.69, 9.17) is 0 Å². The molecular weight excluding hydrogens is 401 g/mol. The molecule has 0 radical (unpaired) electrons. The summed E-state index contributed by atoms with van der Waals surface area (Å²) in [5.41, 5.74) is 1.56. The maximum atomic E-state index is 14.1. The number of nitrogens with zero attached hydrogens (tertiary/aromatic N) is 2. The Morgan fingerprint density at radius 1 is 1.10 bits per heavy atom. The number of anilines is 1. The number of rotatable bonds is 3. The lowest BCUT2D eigenvalue weighted by Crippen LogP contribution is -2.38. The van der Waals surface area contributed by atoms with E-state index in [2.05, 4.69) is 15.3 Å². The summed E-state index contributed by atoms with van der Waals surface area (Å²) in [4.78, 5) is 8.45. The van der Waals surface area contributed by atoms with Crippen molar-refractivity contribution < 1.29 is 22.0 Å². The summed E-state index contributed by atoms with van der Waals surface area (Å²) >= 11 is 0. The molecule has 4 rings (SSSR count). The molecule has 0 spiro atoms. The maximum absolute atomic E-state index is 14.1. The third-order valence-corrected chi connectivity index (χ3v) is 5.81. The highest BCUT2D eigenvalue weighted by Gasteiger charge is 2.49. The van der Waals surface area contributed by atoms with Gasteiger partial charge in [-0.1, -0.05) is 13.0 Å². The second-order valence-electron chi connectivity index (χ2n) is 7.66. The van der Waals surface area contributed by atoms with Gasteiger partial charge in [-0.15, -0.1) is 0 Å². The number of hydrogen-bond acceptors (Lipinski definition) is 3. The molecule has 3 aromatic rings. The Bertz CT molecular complexity index is 1100. The van der Waals surface area contributed by atoms with Gasteiger partial charge in [-0.3, -0.25) is 0 Å². The van der Waals surface area contributed by atoms with Crippen molar-refractivity contribution in [2.45, 2.75) is 44.8 Å². The zero-order valence-electron chi connectivity index (χ0n) is 16.4. The van der Waals surface area contributed by atoms with Crippen LogP contribution >= 0.6 is 0 Å². The Balaban J connectivity index is 1.87. The summed E-state index contributed by atoms with van der Waals surface area (Å²) in [5.74, 6) is -3.92. The molecule has 3 atom stereocenters. The van der Waals surface area contributed by atoms with Gasteiger partial charge in [0, 0.05) is 17.3 Å². The minimum Gasteiger partial charge on any atom is -0.377 e. The minimum absolute atomic E-state index is 0.138. The first kappa shape index (κ1) is 20.5. The predicted molar refractivity (Wildman–Crippen MR) is 104 cm³/mol. The average Bonchev–Trinajstić information content (AvgIpc) is 2.68. The summed E-state index contributed by atoms with van der Waals surface area (Å²) in [5, 5.41) is 3.52. The molecule has 3 nitrogen and oxygen atoms in total. The molecule has 0 aliphatic heterocycles. The van der Waals surface area contributed by atoms with E-state index in [0.717, 1.165) is 12.1 Å². The fraction of sp³-hybridized carbons (Fsp3) is 0.364. The summed E-state index contributed by atoms with van der Waals surface area (Å²) in [7, 11) is 0. The van der Waals surface area contributed by atoms with Crippen molar-refractivity contribution in [1.29, 1.82) is 0 Å². The van der Waals surface area contributed by atoms with Crippen LogP contribution in [0.1, 0.15) is 48.7 Å². The van der Waals surface area contributed by atoms with Gasteiger partial charge in [0.25, 0.3) is 0 Å². The highest BCUT2D eigenvalue weighted by Crippen LogP contribution is 2.51. The van der Waals surface area contributed by atoms with Gasteiger partial charge in [0.2, 0.25) is 0 Å². The van der Waals surface area contributed by atoms with Crippen molar-refractivity contribution in [3.63, 3.8) is 0 Å². The van der Waals surface area contributed by atoms with E-state index >= 15 is 0 Å². The predicted octanol–water partition coefficient (Wildman–Crippen LogP) is 6.45. The Morgan fingerprint density at radius 3 is 2.47 bits per heavy atom. The van der Waals surface area contributed by atoms with Gasteiger partial charge in [0.1, 0.15) is 5.82 Å². The van der Waals surface area contributed by atoms with Crippen LogP contribution in [0.25, 0.3) is 10.9 Å². The number of fused-ring (bicyclic) bond motifs is 2. The van der Waals surface area contributed by atoms with E-state index in [1.54, 1.807) is 38.2 Å². The van der Waals surface area contributed by atoms with Crippen molar-refractivity contribution >= 4 is 16.6 Å². The Hall–Kier alpha value is -2.77.